The second-order valence-electron chi connectivity index (χ2n) is 15.4. The van der Waals surface area contributed by atoms with Gasteiger partial charge in [-0.25, -0.2) is 9.97 Å². The highest BCUT2D eigenvalue weighted by Crippen LogP contribution is 2.53. The van der Waals surface area contributed by atoms with E-state index in [2.05, 4.69) is 159 Å². The van der Waals surface area contributed by atoms with Crippen molar-refractivity contribution in [2.75, 3.05) is 0 Å². The number of fused-ring (bicyclic) bond motifs is 7. The fourth-order valence-electron chi connectivity index (χ4n) is 8.80. The Morgan fingerprint density at radius 1 is 0.411 bits per heavy atom. The third kappa shape index (κ3) is 5.12. The van der Waals surface area contributed by atoms with Gasteiger partial charge in [0.25, 0.3) is 0 Å². The van der Waals surface area contributed by atoms with E-state index in [1.807, 2.05) is 36.4 Å². The maximum atomic E-state index is 6.51. The molecule has 8 aromatic carbocycles. The van der Waals surface area contributed by atoms with Crippen molar-refractivity contribution in [3.8, 4) is 67.3 Å². The summed E-state index contributed by atoms with van der Waals surface area (Å²) < 4.78 is 6.51. The molecule has 0 saturated heterocycles. The maximum Gasteiger partial charge on any atom is 0.160 e. The summed E-state index contributed by atoms with van der Waals surface area (Å²) in [6.45, 7) is 4.71. The molecule has 0 saturated carbocycles. The normalized spacial score (nSPS) is 13.0. The highest BCUT2D eigenvalue weighted by Gasteiger charge is 2.37. The van der Waals surface area contributed by atoms with E-state index in [0.29, 0.717) is 5.82 Å². The van der Waals surface area contributed by atoms with Gasteiger partial charge in [0.1, 0.15) is 11.2 Å². The van der Waals surface area contributed by atoms with Crippen LogP contribution in [0.4, 0.5) is 0 Å². The van der Waals surface area contributed by atoms with Gasteiger partial charge >= 0.3 is 0 Å². The predicted molar refractivity (Wildman–Crippen MR) is 232 cm³/mol. The first-order chi connectivity index (χ1) is 27.5. The van der Waals surface area contributed by atoms with E-state index < -0.39 is 0 Å². The van der Waals surface area contributed by atoms with Crippen molar-refractivity contribution in [3.05, 3.63) is 193 Å². The fourth-order valence-corrected chi connectivity index (χ4v) is 8.80. The van der Waals surface area contributed by atoms with Gasteiger partial charge in [0.05, 0.1) is 11.4 Å². The molecule has 264 valence electrons. The van der Waals surface area contributed by atoms with E-state index in [1.54, 1.807) is 0 Å². The van der Waals surface area contributed by atoms with Crippen LogP contribution in [-0.4, -0.2) is 9.97 Å². The Balaban J connectivity index is 1.06. The summed E-state index contributed by atoms with van der Waals surface area (Å²) >= 11 is 0. The average molecular weight is 717 g/mol. The molecule has 0 fully saturated rings. The third-order valence-electron chi connectivity index (χ3n) is 11.7. The summed E-state index contributed by atoms with van der Waals surface area (Å²) in [7, 11) is 0. The van der Waals surface area contributed by atoms with E-state index >= 15 is 0 Å². The van der Waals surface area contributed by atoms with Crippen LogP contribution in [0.2, 0.25) is 0 Å². The van der Waals surface area contributed by atoms with E-state index in [4.69, 9.17) is 14.4 Å². The van der Waals surface area contributed by atoms with E-state index in [9.17, 15) is 0 Å². The van der Waals surface area contributed by atoms with Crippen LogP contribution in [0.15, 0.2) is 186 Å². The number of rotatable bonds is 5. The lowest BCUT2D eigenvalue weighted by molar-refractivity contribution is 0.661. The molecular formula is C53H36N2O. The Morgan fingerprint density at radius 2 is 1.04 bits per heavy atom. The molecule has 11 rings (SSSR count). The van der Waals surface area contributed by atoms with Gasteiger partial charge in [-0.05, 0) is 86.1 Å². The van der Waals surface area contributed by atoms with Crippen molar-refractivity contribution >= 4 is 32.7 Å². The topological polar surface area (TPSA) is 38.9 Å². The molecule has 2 aromatic heterocycles. The van der Waals surface area contributed by atoms with E-state index in [-0.39, 0.29) is 5.41 Å². The second kappa shape index (κ2) is 12.5. The first kappa shape index (κ1) is 32.3. The molecule has 0 bridgehead atoms. The van der Waals surface area contributed by atoms with Crippen LogP contribution in [0, 0.1) is 0 Å². The Hall–Kier alpha value is -7.10. The number of nitrogens with zero attached hydrogens (tertiary/aromatic N) is 2. The summed E-state index contributed by atoms with van der Waals surface area (Å²) in [4.78, 5) is 10.4. The molecule has 0 aliphatic heterocycles. The summed E-state index contributed by atoms with van der Waals surface area (Å²) in [6, 6.07) is 64.7. The van der Waals surface area contributed by atoms with Crippen molar-refractivity contribution < 1.29 is 4.42 Å². The molecule has 10 aromatic rings. The minimum absolute atomic E-state index is 0.0953. The van der Waals surface area contributed by atoms with Crippen molar-refractivity contribution in [1.29, 1.82) is 0 Å². The lowest BCUT2D eigenvalue weighted by Gasteiger charge is -2.22. The Kier molecular flexibility index (Phi) is 7.20. The molecule has 0 amide bonds. The first-order valence-electron chi connectivity index (χ1n) is 19.2. The van der Waals surface area contributed by atoms with Crippen molar-refractivity contribution in [2.24, 2.45) is 0 Å². The van der Waals surface area contributed by atoms with Crippen molar-refractivity contribution in [2.45, 2.75) is 19.3 Å². The molecule has 3 nitrogen and oxygen atoms in total. The average Bonchev–Trinajstić information content (AvgIpc) is 3.74. The van der Waals surface area contributed by atoms with Gasteiger partial charge in [-0.3, -0.25) is 0 Å². The van der Waals surface area contributed by atoms with Gasteiger partial charge in [-0.1, -0.05) is 159 Å². The molecular weight excluding hydrogens is 681 g/mol. The van der Waals surface area contributed by atoms with Gasteiger partial charge in [-0.15, -0.1) is 0 Å². The molecule has 0 atom stereocenters. The third-order valence-corrected chi connectivity index (χ3v) is 11.7. The Morgan fingerprint density at radius 3 is 1.80 bits per heavy atom. The lowest BCUT2D eigenvalue weighted by atomic mass is 9.81. The highest BCUT2D eigenvalue weighted by atomic mass is 16.3. The zero-order valence-electron chi connectivity index (χ0n) is 31.1. The second-order valence-corrected chi connectivity index (χ2v) is 15.4. The molecule has 3 heteroatoms. The molecule has 0 spiro atoms. The van der Waals surface area contributed by atoms with E-state index in [1.165, 1.54) is 44.2 Å². The molecule has 56 heavy (non-hydrogen) atoms. The van der Waals surface area contributed by atoms with Gasteiger partial charge in [0, 0.05) is 38.4 Å². The van der Waals surface area contributed by atoms with Crippen LogP contribution >= 0.6 is 0 Å². The highest BCUT2D eigenvalue weighted by molar-refractivity contribution is 6.11. The Bertz CT molecular complexity index is 3140. The van der Waals surface area contributed by atoms with Crippen LogP contribution in [0.25, 0.3) is 100.0 Å². The van der Waals surface area contributed by atoms with Crippen LogP contribution < -0.4 is 0 Å². The molecule has 1 aliphatic carbocycles. The zero-order valence-corrected chi connectivity index (χ0v) is 31.1. The SMILES string of the molecule is CC1(C)c2cc3ccccc3cc2-c2c(-c3ccc(-c4cc(-c5cc(-c6ccccc6)c6oc7ccccc7c6c5)nc(-c5ccccc5)n4)cc3)cccc21. The lowest BCUT2D eigenvalue weighted by Crippen LogP contribution is -2.14. The minimum Gasteiger partial charge on any atom is -0.455 e. The number of furan rings is 1. The summed E-state index contributed by atoms with van der Waals surface area (Å²) in [5, 5.41) is 4.70. The van der Waals surface area contributed by atoms with Gasteiger partial charge in [0.15, 0.2) is 5.82 Å². The maximum absolute atomic E-state index is 6.51. The smallest absolute Gasteiger partial charge is 0.160 e. The Labute approximate surface area is 325 Å². The first-order valence-corrected chi connectivity index (χ1v) is 19.2. The number of benzene rings is 8. The molecule has 0 radical (unpaired) electrons. The van der Waals surface area contributed by atoms with Gasteiger partial charge in [-0.2, -0.15) is 0 Å². The van der Waals surface area contributed by atoms with Crippen LogP contribution in [-0.2, 0) is 5.41 Å². The standard InChI is InChI=1S/C53H36N2O/c1-53(2)45-22-13-21-40(50(45)44-28-37-18-9-10-19-38(37)31-46(44)53)34-24-26-35(27-25-34)47-32-48(55-52(54-47)36-16-7-4-8-17-36)39-29-42(33-14-5-3-6-15-33)51-43(30-39)41-20-11-12-23-49(41)56-51/h3-32H,1-2H3. The quantitative estimate of drug-likeness (QED) is 0.178. The number of hydrogen-bond donors (Lipinski definition) is 0. The van der Waals surface area contributed by atoms with Gasteiger partial charge in [0.2, 0.25) is 0 Å². The molecule has 1 aliphatic rings. The molecule has 0 unspecified atom stereocenters. The summed E-state index contributed by atoms with van der Waals surface area (Å²) in [5.74, 6) is 0.688. The minimum atomic E-state index is -0.0953. The van der Waals surface area contributed by atoms with E-state index in [0.717, 1.165) is 61.1 Å². The predicted octanol–water partition coefficient (Wildman–Crippen LogP) is 14.2. The summed E-state index contributed by atoms with van der Waals surface area (Å²) in [5.41, 5.74) is 16.4. The number of hydrogen-bond acceptors (Lipinski definition) is 3. The number of para-hydroxylation sites is 1. The fraction of sp³-hybridized carbons (Fsp3) is 0.0566. The monoisotopic (exact) mass is 716 g/mol. The molecule has 0 N–H and O–H groups in total. The van der Waals surface area contributed by atoms with Crippen molar-refractivity contribution in [3.63, 3.8) is 0 Å². The van der Waals surface area contributed by atoms with Crippen LogP contribution in [0.3, 0.4) is 0 Å². The largest absolute Gasteiger partial charge is 0.455 e. The van der Waals surface area contributed by atoms with Crippen molar-refractivity contribution in [1.82, 2.24) is 9.97 Å². The number of aromatic nitrogens is 2. The van der Waals surface area contributed by atoms with Gasteiger partial charge < -0.3 is 4.42 Å². The molecule has 2 heterocycles. The van der Waals surface area contributed by atoms with Crippen LogP contribution in [0.1, 0.15) is 25.0 Å². The van der Waals surface area contributed by atoms with Crippen LogP contribution in [0.5, 0.6) is 0 Å². The zero-order chi connectivity index (χ0) is 37.4. The summed E-state index contributed by atoms with van der Waals surface area (Å²) in [6.07, 6.45) is 0.